The quantitative estimate of drug-likeness (QED) is 0.888. The van der Waals surface area contributed by atoms with E-state index in [4.69, 9.17) is 5.73 Å². The van der Waals surface area contributed by atoms with Crippen LogP contribution in [0.25, 0.3) is 0 Å². The fourth-order valence-corrected chi connectivity index (χ4v) is 3.33. The van der Waals surface area contributed by atoms with Crippen LogP contribution >= 0.6 is 0 Å². The van der Waals surface area contributed by atoms with E-state index in [9.17, 15) is 4.79 Å². The van der Waals surface area contributed by atoms with Gasteiger partial charge in [0.05, 0.1) is 11.4 Å². The molecule has 112 valence electrons. The molecule has 0 saturated heterocycles. The van der Waals surface area contributed by atoms with Gasteiger partial charge in [0.1, 0.15) is 5.69 Å². The number of nitrogen functional groups attached to an aromatic ring is 1. The van der Waals surface area contributed by atoms with E-state index < -0.39 is 0 Å². The molecule has 1 aliphatic carbocycles. The molecule has 3 unspecified atom stereocenters. The van der Waals surface area contributed by atoms with Crippen molar-refractivity contribution in [3.63, 3.8) is 0 Å². The van der Waals surface area contributed by atoms with Crippen LogP contribution in [0.2, 0.25) is 0 Å². The van der Waals surface area contributed by atoms with Crippen molar-refractivity contribution in [1.29, 1.82) is 0 Å². The lowest BCUT2D eigenvalue weighted by atomic mass is 9.93. The van der Waals surface area contributed by atoms with E-state index >= 15 is 0 Å². The first-order chi connectivity index (χ1) is 9.49. The summed E-state index contributed by atoms with van der Waals surface area (Å²) in [5.74, 6) is 1.17. The molecule has 0 aliphatic heterocycles. The van der Waals surface area contributed by atoms with Crippen LogP contribution in [0.15, 0.2) is 0 Å². The zero-order valence-electron chi connectivity index (χ0n) is 12.9. The second kappa shape index (κ2) is 5.85. The molecule has 1 fully saturated rings. The molecule has 1 aliphatic rings. The maximum Gasteiger partial charge on any atom is 0.271 e. The van der Waals surface area contributed by atoms with Gasteiger partial charge in [0.25, 0.3) is 5.91 Å². The molecule has 0 radical (unpaired) electrons. The van der Waals surface area contributed by atoms with Gasteiger partial charge in [0.2, 0.25) is 0 Å². The average Bonchev–Trinajstić information content (AvgIpc) is 2.91. The van der Waals surface area contributed by atoms with E-state index in [0.717, 1.165) is 18.0 Å². The van der Waals surface area contributed by atoms with Gasteiger partial charge in [0, 0.05) is 12.6 Å². The summed E-state index contributed by atoms with van der Waals surface area (Å²) in [6, 6.07) is 0.257. The first kappa shape index (κ1) is 14.9. The molecular formula is C15H26N4O. The Morgan fingerprint density at radius 1 is 1.45 bits per heavy atom. The minimum absolute atomic E-state index is 0.0847. The first-order valence-corrected chi connectivity index (χ1v) is 7.63. The summed E-state index contributed by atoms with van der Waals surface area (Å²) in [7, 11) is 0. The second-order valence-electron chi connectivity index (χ2n) is 5.85. The summed E-state index contributed by atoms with van der Waals surface area (Å²) >= 11 is 0. The van der Waals surface area contributed by atoms with Crippen molar-refractivity contribution >= 4 is 11.6 Å². The highest BCUT2D eigenvalue weighted by Gasteiger charge is 2.33. The molecule has 1 aromatic rings. The van der Waals surface area contributed by atoms with E-state index in [1.165, 1.54) is 12.8 Å². The molecule has 3 N–H and O–H groups in total. The van der Waals surface area contributed by atoms with Gasteiger partial charge in [-0.3, -0.25) is 9.48 Å². The van der Waals surface area contributed by atoms with Gasteiger partial charge in [-0.1, -0.05) is 20.3 Å². The van der Waals surface area contributed by atoms with Crippen LogP contribution in [0.1, 0.15) is 56.2 Å². The highest BCUT2D eigenvalue weighted by Crippen LogP contribution is 2.34. The number of anilines is 1. The third kappa shape index (κ3) is 2.53. The third-order valence-corrected chi connectivity index (χ3v) is 4.76. The number of hydrogen-bond acceptors (Lipinski definition) is 3. The lowest BCUT2D eigenvalue weighted by Gasteiger charge is -2.21. The number of rotatable bonds is 4. The van der Waals surface area contributed by atoms with Crippen molar-refractivity contribution in [3.05, 3.63) is 11.4 Å². The van der Waals surface area contributed by atoms with Crippen molar-refractivity contribution in [2.24, 2.45) is 11.8 Å². The molecule has 20 heavy (non-hydrogen) atoms. The molecular weight excluding hydrogens is 252 g/mol. The SMILES string of the molecule is CCC1CCC(NC(=O)c2c(N)c(C)nn2CC)C1C. The topological polar surface area (TPSA) is 72.9 Å². The monoisotopic (exact) mass is 278 g/mol. The highest BCUT2D eigenvalue weighted by molar-refractivity contribution is 5.98. The lowest BCUT2D eigenvalue weighted by Crippen LogP contribution is -2.38. The van der Waals surface area contributed by atoms with Gasteiger partial charge < -0.3 is 11.1 Å². The number of amides is 1. The van der Waals surface area contributed by atoms with Crippen molar-refractivity contribution in [3.8, 4) is 0 Å². The zero-order valence-corrected chi connectivity index (χ0v) is 12.9. The number of nitrogens with one attached hydrogen (secondary N) is 1. The lowest BCUT2D eigenvalue weighted by molar-refractivity contribution is 0.0916. The summed E-state index contributed by atoms with van der Waals surface area (Å²) in [5.41, 5.74) is 7.74. The Labute approximate surface area is 120 Å². The molecule has 3 atom stereocenters. The number of carbonyl (C=O) groups is 1. The molecule has 1 amide bonds. The Morgan fingerprint density at radius 3 is 2.70 bits per heavy atom. The normalized spacial score (nSPS) is 25.9. The van der Waals surface area contributed by atoms with Crippen LogP contribution in [-0.4, -0.2) is 21.7 Å². The number of aryl methyl sites for hydroxylation is 2. The van der Waals surface area contributed by atoms with Gasteiger partial charge >= 0.3 is 0 Å². The second-order valence-corrected chi connectivity index (χ2v) is 5.85. The standard InChI is InChI=1S/C15H26N4O/c1-5-11-7-8-12(9(11)3)17-15(20)14-13(16)10(4)18-19(14)6-2/h9,11-12H,5-8,16H2,1-4H3,(H,17,20). The zero-order chi connectivity index (χ0) is 14.9. The average molecular weight is 278 g/mol. The summed E-state index contributed by atoms with van der Waals surface area (Å²) in [5, 5.41) is 7.46. The van der Waals surface area contributed by atoms with Crippen LogP contribution in [0.5, 0.6) is 0 Å². The number of nitrogens with zero attached hydrogens (tertiary/aromatic N) is 2. The molecule has 0 aromatic carbocycles. The van der Waals surface area contributed by atoms with Crippen LogP contribution < -0.4 is 11.1 Å². The minimum Gasteiger partial charge on any atom is -0.395 e. The highest BCUT2D eigenvalue weighted by atomic mass is 16.2. The first-order valence-electron chi connectivity index (χ1n) is 7.63. The number of aromatic nitrogens is 2. The van der Waals surface area contributed by atoms with Gasteiger partial charge in [-0.15, -0.1) is 0 Å². The molecule has 0 spiro atoms. The largest absolute Gasteiger partial charge is 0.395 e. The summed E-state index contributed by atoms with van der Waals surface area (Å²) in [4.78, 5) is 12.5. The van der Waals surface area contributed by atoms with Gasteiger partial charge in [-0.05, 0) is 38.5 Å². The number of carbonyl (C=O) groups excluding carboxylic acids is 1. The van der Waals surface area contributed by atoms with Gasteiger partial charge in [-0.2, -0.15) is 5.10 Å². The summed E-state index contributed by atoms with van der Waals surface area (Å²) < 4.78 is 1.69. The Kier molecular flexibility index (Phi) is 4.35. The van der Waals surface area contributed by atoms with E-state index in [-0.39, 0.29) is 11.9 Å². The Balaban J connectivity index is 2.13. The molecule has 1 aromatic heterocycles. The minimum atomic E-state index is -0.0847. The van der Waals surface area contributed by atoms with Crippen molar-refractivity contribution < 1.29 is 4.79 Å². The fraction of sp³-hybridized carbons (Fsp3) is 0.733. The Bertz CT molecular complexity index is 494. The predicted molar refractivity (Wildman–Crippen MR) is 80.5 cm³/mol. The van der Waals surface area contributed by atoms with E-state index in [1.807, 2.05) is 13.8 Å². The van der Waals surface area contributed by atoms with Gasteiger partial charge in [-0.25, -0.2) is 0 Å². The van der Waals surface area contributed by atoms with Crippen LogP contribution in [0.4, 0.5) is 5.69 Å². The van der Waals surface area contributed by atoms with Crippen molar-refractivity contribution in [2.75, 3.05) is 5.73 Å². The smallest absolute Gasteiger partial charge is 0.271 e. The summed E-state index contributed by atoms with van der Waals surface area (Å²) in [6.45, 7) is 8.91. The van der Waals surface area contributed by atoms with Crippen LogP contribution in [0.3, 0.4) is 0 Å². The predicted octanol–water partition coefficient (Wildman–Crippen LogP) is 2.35. The van der Waals surface area contributed by atoms with Crippen LogP contribution in [0, 0.1) is 18.8 Å². The Morgan fingerprint density at radius 2 is 2.15 bits per heavy atom. The van der Waals surface area contributed by atoms with E-state index in [2.05, 4.69) is 24.3 Å². The summed E-state index contributed by atoms with van der Waals surface area (Å²) in [6.07, 6.45) is 3.44. The van der Waals surface area contributed by atoms with Crippen LogP contribution in [-0.2, 0) is 6.54 Å². The molecule has 5 heteroatoms. The van der Waals surface area contributed by atoms with E-state index in [0.29, 0.717) is 23.8 Å². The molecule has 2 rings (SSSR count). The fourth-order valence-electron chi connectivity index (χ4n) is 3.33. The molecule has 1 heterocycles. The Hall–Kier alpha value is -1.52. The van der Waals surface area contributed by atoms with Crippen molar-refractivity contribution in [2.45, 2.75) is 59.5 Å². The molecule has 5 nitrogen and oxygen atoms in total. The number of nitrogens with two attached hydrogens (primary N) is 1. The van der Waals surface area contributed by atoms with E-state index in [1.54, 1.807) is 4.68 Å². The maximum atomic E-state index is 12.5. The maximum absolute atomic E-state index is 12.5. The van der Waals surface area contributed by atoms with Gasteiger partial charge in [0.15, 0.2) is 0 Å². The number of hydrogen-bond donors (Lipinski definition) is 2. The molecule has 0 bridgehead atoms. The molecule has 1 saturated carbocycles. The third-order valence-electron chi connectivity index (χ3n) is 4.76. The van der Waals surface area contributed by atoms with Crippen molar-refractivity contribution in [1.82, 2.24) is 15.1 Å².